The standard InChI is InChI=1S/C16H21N3OS/c1-12-13(8-15(20)16(2,3)11-21-4)9-18-19(12)14-6-5-7-17-10-14/h5-7,9-10H,8,11H2,1-4H3. The van der Waals surface area contributed by atoms with Gasteiger partial charge in [0.1, 0.15) is 5.78 Å². The number of ketones is 1. The summed E-state index contributed by atoms with van der Waals surface area (Å²) in [4.78, 5) is 16.6. The van der Waals surface area contributed by atoms with Crippen molar-refractivity contribution in [1.82, 2.24) is 14.8 Å². The van der Waals surface area contributed by atoms with Gasteiger partial charge in [0.05, 0.1) is 18.1 Å². The van der Waals surface area contributed by atoms with E-state index in [1.165, 1.54) is 0 Å². The Kier molecular flexibility index (Phi) is 4.83. The summed E-state index contributed by atoms with van der Waals surface area (Å²) >= 11 is 1.70. The van der Waals surface area contributed by atoms with Crippen molar-refractivity contribution >= 4 is 17.5 Å². The lowest BCUT2D eigenvalue weighted by Crippen LogP contribution is -2.28. The smallest absolute Gasteiger partial charge is 0.143 e. The Morgan fingerprint density at radius 1 is 1.38 bits per heavy atom. The molecular weight excluding hydrogens is 282 g/mol. The molecule has 0 aliphatic carbocycles. The van der Waals surface area contributed by atoms with Crippen LogP contribution in [-0.2, 0) is 11.2 Å². The molecule has 112 valence electrons. The second-order valence-corrected chi connectivity index (χ2v) is 6.66. The molecule has 0 radical (unpaired) electrons. The monoisotopic (exact) mass is 303 g/mol. The first-order valence-corrected chi connectivity index (χ1v) is 8.31. The van der Waals surface area contributed by atoms with Crippen LogP contribution in [0, 0.1) is 12.3 Å². The van der Waals surface area contributed by atoms with Crippen LogP contribution in [0.2, 0.25) is 0 Å². The fourth-order valence-corrected chi connectivity index (χ4v) is 3.09. The van der Waals surface area contributed by atoms with Crippen LogP contribution in [0.25, 0.3) is 5.69 Å². The van der Waals surface area contributed by atoms with Crippen LogP contribution < -0.4 is 0 Å². The van der Waals surface area contributed by atoms with Gasteiger partial charge in [0.2, 0.25) is 0 Å². The van der Waals surface area contributed by atoms with E-state index in [1.54, 1.807) is 30.4 Å². The van der Waals surface area contributed by atoms with Gasteiger partial charge in [0.15, 0.2) is 0 Å². The van der Waals surface area contributed by atoms with Crippen molar-refractivity contribution in [2.24, 2.45) is 5.41 Å². The Bertz CT molecular complexity index is 620. The molecule has 0 spiro atoms. The average Bonchev–Trinajstić information content (AvgIpc) is 2.81. The largest absolute Gasteiger partial charge is 0.299 e. The number of carbonyl (C=O) groups is 1. The fourth-order valence-electron chi connectivity index (χ4n) is 2.21. The van der Waals surface area contributed by atoms with Crippen molar-refractivity contribution in [3.8, 4) is 5.69 Å². The molecule has 2 rings (SSSR count). The molecule has 0 atom stereocenters. The van der Waals surface area contributed by atoms with Gasteiger partial charge < -0.3 is 0 Å². The van der Waals surface area contributed by atoms with E-state index in [1.807, 2.05) is 43.8 Å². The van der Waals surface area contributed by atoms with Gasteiger partial charge in [-0.1, -0.05) is 13.8 Å². The van der Waals surface area contributed by atoms with Crippen LogP contribution in [0.3, 0.4) is 0 Å². The van der Waals surface area contributed by atoms with Crippen LogP contribution in [0.15, 0.2) is 30.7 Å². The van der Waals surface area contributed by atoms with Crippen LogP contribution in [0.1, 0.15) is 25.1 Å². The van der Waals surface area contributed by atoms with E-state index in [4.69, 9.17) is 0 Å². The molecule has 4 nitrogen and oxygen atoms in total. The molecule has 0 aliphatic heterocycles. The van der Waals surface area contributed by atoms with E-state index >= 15 is 0 Å². The second kappa shape index (κ2) is 6.43. The van der Waals surface area contributed by atoms with Crippen molar-refractivity contribution in [2.75, 3.05) is 12.0 Å². The van der Waals surface area contributed by atoms with Crippen molar-refractivity contribution in [2.45, 2.75) is 27.2 Å². The third-order valence-electron chi connectivity index (χ3n) is 3.61. The summed E-state index contributed by atoms with van der Waals surface area (Å²) in [6.45, 7) is 6.00. The van der Waals surface area contributed by atoms with Crippen molar-refractivity contribution < 1.29 is 4.79 Å². The Labute approximate surface area is 130 Å². The van der Waals surface area contributed by atoms with Gasteiger partial charge in [-0.05, 0) is 25.3 Å². The van der Waals surface area contributed by atoms with Gasteiger partial charge in [0, 0.05) is 35.0 Å². The molecule has 0 aromatic carbocycles. The minimum atomic E-state index is -0.303. The van der Waals surface area contributed by atoms with E-state index in [0.29, 0.717) is 6.42 Å². The van der Waals surface area contributed by atoms with Crippen molar-refractivity contribution in [3.63, 3.8) is 0 Å². The maximum atomic E-state index is 12.5. The highest BCUT2D eigenvalue weighted by Gasteiger charge is 2.27. The SMILES string of the molecule is CSCC(C)(C)C(=O)Cc1cnn(-c2cccnc2)c1C. The summed E-state index contributed by atoms with van der Waals surface area (Å²) < 4.78 is 1.83. The molecule has 0 aliphatic rings. The predicted molar refractivity (Wildman–Crippen MR) is 87.0 cm³/mol. The van der Waals surface area contributed by atoms with Gasteiger partial charge >= 0.3 is 0 Å². The molecular formula is C16H21N3OS. The van der Waals surface area contributed by atoms with E-state index in [0.717, 1.165) is 22.7 Å². The highest BCUT2D eigenvalue weighted by atomic mass is 32.2. The summed E-state index contributed by atoms with van der Waals surface area (Å²) in [6, 6.07) is 3.83. The third-order valence-corrected chi connectivity index (χ3v) is 4.62. The van der Waals surface area contributed by atoms with Gasteiger partial charge in [-0.15, -0.1) is 0 Å². The van der Waals surface area contributed by atoms with Crippen molar-refractivity contribution in [1.29, 1.82) is 0 Å². The molecule has 0 fully saturated rings. The summed E-state index contributed by atoms with van der Waals surface area (Å²) in [5.41, 5.74) is 2.59. The molecule has 0 N–H and O–H groups in total. The van der Waals surface area contributed by atoms with Crippen LogP contribution in [0.4, 0.5) is 0 Å². The summed E-state index contributed by atoms with van der Waals surface area (Å²) in [5.74, 6) is 1.09. The molecule has 2 heterocycles. The fraction of sp³-hybridized carbons (Fsp3) is 0.438. The Morgan fingerprint density at radius 2 is 2.14 bits per heavy atom. The molecule has 0 saturated carbocycles. The van der Waals surface area contributed by atoms with E-state index in [9.17, 15) is 4.79 Å². The number of Topliss-reactive ketones (excluding diaryl/α,β-unsaturated/α-hetero) is 1. The first-order valence-electron chi connectivity index (χ1n) is 6.92. The molecule has 0 bridgehead atoms. The second-order valence-electron chi connectivity index (χ2n) is 5.80. The van der Waals surface area contributed by atoms with Gasteiger partial charge in [-0.25, -0.2) is 4.68 Å². The molecule has 2 aromatic heterocycles. The summed E-state index contributed by atoms with van der Waals surface area (Å²) in [7, 11) is 0. The van der Waals surface area contributed by atoms with Crippen LogP contribution in [0.5, 0.6) is 0 Å². The third kappa shape index (κ3) is 3.53. The first kappa shape index (κ1) is 15.8. The zero-order valence-electron chi connectivity index (χ0n) is 13.0. The van der Waals surface area contributed by atoms with Crippen LogP contribution in [-0.4, -0.2) is 32.6 Å². The number of hydrogen-bond donors (Lipinski definition) is 0. The molecule has 5 heteroatoms. The minimum absolute atomic E-state index is 0.255. The zero-order chi connectivity index (χ0) is 15.5. The van der Waals surface area contributed by atoms with E-state index in [-0.39, 0.29) is 11.2 Å². The first-order chi connectivity index (χ1) is 9.95. The molecule has 0 unspecified atom stereocenters. The number of pyridine rings is 1. The maximum Gasteiger partial charge on any atom is 0.143 e. The zero-order valence-corrected chi connectivity index (χ0v) is 13.8. The lowest BCUT2D eigenvalue weighted by Gasteiger charge is -2.21. The number of rotatable bonds is 6. The van der Waals surface area contributed by atoms with E-state index < -0.39 is 0 Å². The maximum absolute atomic E-state index is 12.5. The number of thioether (sulfide) groups is 1. The van der Waals surface area contributed by atoms with Gasteiger partial charge in [0.25, 0.3) is 0 Å². The van der Waals surface area contributed by atoms with E-state index in [2.05, 4.69) is 10.1 Å². The normalized spacial score (nSPS) is 11.6. The Hall–Kier alpha value is -1.62. The quantitative estimate of drug-likeness (QED) is 0.823. The lowest BCUT2D eigenvalue weighted by atomic mass is 9.87. The van der Waals surface area contributed by atoms with Gasteiger partial charge in [-0.3, -0.25) is 9.78 Å². The lowest BCUT2D eigenvalue weighted by molar-refractivity contribution is -0.125. The highest BCUT2D eigenvalue weighted by Crippen LogP contribution is 2.24. The summed E-state index contributed by atoms with van der Waals surface area (Å²) in [6.07, 6.45) is 7.75. The van der Waals surface area contributed by atoms with Crippen molar-refractivity contribution in [3.05, 3.63) is 42.0 Å². The molecule has 0 saturated heterocycles. The number of hydrogen-bond acceptors (Lipinski definition) is 4. The number of aromatic nitrogens is 3. The predicted octanol–water partition coefficient (Wildman–Crippen LogP) is 3.08. The number of nitrogens with zero attached hydrogens (tertiary/aromatic N) is 3. The van der Waals surface area contributed by atoms with Gasteiger partial charge in [-0.2, -0.15) is 16.9 Å². The minimum Gasteiger partial charge on any atom is -0.299 e. The Balaban J connectivity index is 2.20. The molecule has 2 aromatic rings. The Morgan fingerprint density at radius 3 is 2.76 bits per heavy atom. The summed E-state index contributed by atoms with van der Waals surface area (Å²) in [5, 5.41) is 4.39. The highest BCUT2D eigenvalue weighted by molar-refractivity contribution is 7.98. The van der Waals surface area contributed by atoms with Crippen LogP contribution >= 0.6 is 11.8 Å². The topological polar surface area (TPSA) is 47.8 Å². The number of carbonyl (C=O) groups excluding carboxylic acids is 1. The molecule has 0 amide bonds. The molecule has 21 heavy (non-hydrogen) atoms. The average molecular weight is 303 g/mol.